The van der Waals surface area contributed by atoms with Gasteiger partial charge in [0.05, 0.1) is 12.7 Å². The molecule has 5 aromatic rings. The van der Waals surface area contributed by atoms with Crippen molar-refractivity contribution in [2.45, 2.75) is 34.6 Å². The van der Waals surface area contributed by atoms with Crippen molar-refractivity contribution >= 4 is 41.3 Å². The van der Waals surface area contributed by atoms with Gasteiger partial charge in [0, 0.05) is 11.4 Å². The highest BCUT2D eigenvalue weighted by Crippen LogP contribution is 2.41. The molecule has 6 rings (SSSR count). The van der Waals surface area contributed by atoms with Crippen molar-refractivity contribution in [3.8, 4) is 0 Å². The Bertz CT molecular complexity index is 2020. The monoisotopic (exact) mass is 613 g/mol. The molecule has 0 saturated carbocycles. The van der Waals surface area contributed by atoms with Crippen LogP contribution in [0.2, 0.25) is 0 Å². The van der Waals surface area contributed by atoms with E-state index in [9.17, 15) is 4.79 Å². The number of esters is 1. The number of benzene rings is 5. The molecule has 1 heterocycles. The minimum Gasteiger partial charge on any atom is -0.465 e. The molecule has 0 fully saturated rings. The highest BCUT2D eigenvalue weighted by Gasteiger charge is 2.39. The van der Waals surface area contributed by atoms with Crippen molar-refractivity contribution in [2.24, 2.45) is 0 Å². The maximum absolute atomic E-state index is 12.7. The molecule has 3 nitrogen and oxygen atoms in total. The third-order valence-corrected chi connectivity index (χ3v) is 9.07. The molecule has 0 bridgehead atoms. The molecule has 0 unspecified atom stereocenters. The van der Waals surface area contributed by atoms with Crippen LogP contribution in [-0.2, 0) is 4.74 Å². The number of hydrogen-bond donors (Lipinski definition) is 0. The Morgan fingerprint density at radius 2 is 1.32 bits per heavy atom. The zero-order chi connectivity index (χ0) is 33.1. The number of allylic oxidation sites excluding steroid dienone is 4. The first-order chi connectivity index (χ1) is 22.8. The summed E-state index contributed by atoms with van der Waals surface area (Å²) in [4.78, 5) is 15.1. The van der Waals surface area contributed by atoms with Gasteiger partial charge >= 0.3 is 12.8 Å². The van der Waals surface area contributed by atoms with Crippen molar-refractivity contribution in [3.63, 3.8) is 0 Å². The number of rotatable bonds is 7. The van der Waals surface area contributed by atoms with E-state index in [1.165, 1.54) is 51.4 Å². The zero-order valence-electron chi connectivity index (χ0n) is 28.0. The van der Waals surface area contributed by atoms with E-state index in [0.29, 0.717) is 5.56 Å². The number of hydrogen-bond acceptors (Lipinski definition) is 3. The average Bonchev–Trinajstić information content (AvgIpc) is 3.07. The lowest BCUT2D eigenvalue weighted by Crippen LogP contribution is -2.53. The summed E-state index contributed by atoms with van der Waals surface area (Å²) in [5.41, 5.74) is 15.6. The van der Waals surface area contributed by atoms with Crippen LogP contribution in [0.4, 0.5) is 5.69 Å². The molecule has 0 spiro atoms. The molecule has 5 aromatic carbocycles. The summed E-state index contributed by atoms with van der Waals surface area (Å²) in [6.45, 7) is 10.6. The molecular formula is C43H40BNO2. The summed E-state index contributed by atoms with van der Waals surface area (Å²) in [5, 5.41) is 0. The smallest absolute Gasteiger partial charge is 0.338 e. The second kappa shape index (κ2) is 13.6. The molecule has 0 N–H and O–H groups in total. The first kappa shape index (κ1) is 31.6. The first-order valence-electron chi connectivity index (χ1n) is 16.1. The maximum Gasteiger partial charge on any atom is 0.338 e. The van der Waals surface area contributed by atoms with Crippen LogP contribution in [0.15, 0.2) is 133 Å². The first-order valence-corrected chi connectivity index (χ1v) is 16.1. The van der Waals surface area contributed by atoms with Crippen LogP contribution in [0, 0.1) is 34.6 Å². The number of carbonyl (C=O) groups is 1. The largest absolute Gasteiger partial charge is 0.465 e. The lowest BCUT2D eigenvalue weighted by Gasteiger charge is -2.40. The molecule has 0 radical (unpaired) electrons. The summed E-state index contributed by atoms with van der Waals surface area (Å²) in [6.07, 6.45) is 6.88. The van der Waals surface area contributed by atoms with Gasteiger partial charge < -0.3 is 9.55 Å². The zero-order valence-corrected chi connectivity index (χ0v) is 28.0. The van der Waals surface area contributed by atoms with Gasteiger partial charge in [-0.1, -0.05) is 126 Å². The summed E-state index contributed by atoms with van der Waals surface area (Å²) in [5.74, 6) is -0.332. The highest BCUT2D eigenvalue weighted by molar-refractivity contribution is 6.87. The number of carbonyl (C=O) groups excluding carboxylic acids is 1. The van der Waals surface area contributed by atoms with E-state index >= 15 is 0 Å². The lowest BCUT2D eigenvalue weighted by molar-refractivity contribution is 0.0600. The lowest BCUT2D eigenvalue weighted by atomic mass is 9.43. The highest BCUT2D eigenvalue weighted by atomic mass is 16.5. The van der Waals surface area contributed by atoms with E-state index in [-0.39, 0.29) is 12.8 Å². The van der Waals surface area contributed by atoms with Crippen molar-refractivity contribution in [1.82, 2.24) is 0 Å². The topological polar surface area (TPSA) is 29.5 Å². The van der Waals surface area contributed by atoms with Crippen LogP contribution in [0.1, 0.15) is 54.9 Å². The average molecular weight is 614 g/mol. The van der Waals surface area contributed by atoms with Crippen molar-refractivity contribution < 1.29 is 9.53 Å². The van der Waals surface area contributed by atoms with E-state index in [4.69, 9.17) is 4.74 Å². The Hall–Kier alpha value is -5.35. The van der Waals surface area contributed by atoms with Gasteiger partial charge in [0.1, 0.15) is 0 Å². The molecule has 47 heavy (non-hydrogen) atoms. The predicted molar refractivity (Wildman–Crippen MR) is 199 cm³/mol. The van der Waals surface area contributed by atoms with Crippen LogP contribution in [0.25, 0.3) is 17.3 Å². The number of aryl methyl sites for hydroxylation is 5. The summed E-state index contributed by atoms with van der Waals surface area (Å²) >= 11 is 0. The fraction of sp³-hybridized carbons (Fsp3) is 0.140. The van der Waals surface area contributed by atoms with Gasteiger partial charge in [0.2, 0.25) is 0 Å². The third kappa shape index (κ3) is 6.37. The standard InChI is InChI=1S/C43H40BNO2/c1-29-25-32(4)42(33(5)26-29)44-40(24-21-34-16-9-7-10-17-34)39(37-20-14-13-15-30(37)2)28-41(35-18-11-8-12-19-35)45(44)36-22-23-38(31(3)27-36)43(46)47-6/h7-28H,1-6H3/b24-21+. The third-order valence-electron chi connectivity index (χ3n) is 9.07. The van der Waals surface area contributed by atoms with E-state index in [1.54, 1.807) is 0 Å². The molecular weight excluding hydrogens is 573 g/mol. The molecule has 0 atom stereocenters. The molecule has 4 heteroatoms. The van der Waals surface area contributed by atoms with Gasteiger partial charge in [-0.05, 0) is 103 Å². The van der Waals surface area contributed by atoms with Crippen LogP contribution >= 0.6 is 0 Å². The number of anilines is 1. The minimum atomic E-state index is -0.332. The van der Waals surface area contributed by atoms with Gasteiger partial charge in [0.25, 0.3) is 0 Å². The molecule has 0 aromatic heterocycles. The summed E-state index contributed by atoms with van der Waals surface area (Å²) in [6, 6.07) is 40.4. The van der Waals surface area contributed by atoms with Crippen LogP contribution in [0.3, 0.4) is 0 Å². The summed E-state index contributed by atoms with van der Waals surface area (Å²) in [7, 11) is 1.43. The minimum absolute atomic E-state index is 0.172. The summed E-state index contributed by atoms with van der Waals surface area (Å²) < 4.78 is 5.11. The SMILES string of the molecule is COC(=O)c1ccc(N2B(c3c(C)cc(C)cc3C)C(/C=C/c3ccccc3)=C(c3ccccc3C)C=C2c2ccccc2)cc1C. The molecule has 0 aliphatic carbocycles. The van der Waals surface area contributed by atoms with E-state index < -0.39 is 0 Å². The molecule has 232 valence electrons. The molecule has 1 aliphatic heterocycles. The Morgan fingerprint density at radius 1 is 0.681 bits per heavy atom. The van der Waals surface area contributed by atoms with Crippen molar-refractivity contribution in [1.29, 1.82) is 0 Å². The second-order valence-corrected chi connectivity index (χ2v) is 12.4. The second-order valence-electron chi connectivity index (χ2n) is 12.4. The Labute approximate surface area is 279 Å². The van der Waals surface area contributed by atoms with Crippen molar-refractivity contribution in [2.75, 3.05) is 11.9 Å². The van der Waals surface area contributed by atoms with E-state index in [2.05, 4.69) is 160 Å². The maximum atomic E-state index is 12.7. The van der Waals surface area contributed by atoms with Crippen LogP contribution < -0.4 is 10.3 Å². The van der Waals surface area contributed by atoms with Crippen LogP contribution in [-0.4, -0.2) is 19.9 Å². The Balaban J connectivity index is 1.73. The van der Waals surface area contributed by atoms with Gasteiger partial charge in [-0.3, -0.25) is 0 Å². The Kier molecular flexibility index (Phi) is 9.13. The predicted octanol–water partition coefficient (Wildman–Crippen LogP) is 9.48. The molecule has 0 saturated heterocycles. The number of methoxy groups -OCH3 is 1. The van der Waals surface area contributed by atoms with Crippen LogP contribution in [0.5, 0.6) is 0 Å². The van der Waals surface area contributed by atoms with Gasteiger partial charge in [-0.2, -0.15) is 0 Å². The quantitative estimate of drug-likeness (QED) is 0.135. The molecule has 0 amide bonds. The normalized spacial score (nSPS) is 13.3. The van der Waals surface area contributed by atoms with Crippen molar-refractivity contribution in [3.05, 3.63) is 183 Å². The number of ether oxygens (including phenoxy) is 1. The fourth-order valence-electron chi connectivity index (χ4n) is 6.92. The van der Waals surface area contributed by atoms with Gasteiger partial charge in [-0.15, -0.1) is 0 Å². The van der Waals surface area contributed by atoms with Gasteiger partial charge in [-0.25, -0.2) is 4.79 Å². The fourth-order valence-corrected chi connectivity index (χ4v) is 6.92. The van der Waals surface area contributed by atoms with E-state index in [0.717, 1.165) is 28.1 Å². The molecule has 1 aliphatic rings. The van der Waals surface area contributed by atoms with E-state index in [1.807, 2.05) is 13.0 Å². The van der Waals surface area contributed by atoms with Gasteiger partial charge in [0.15, 0.2) is 0 Å². The Morgan fingerprint density at radius 3 is 1.96 bits per heavy atom. The number of nitrogens with zero attached hydrogens (tertiary/aromatic N) is 1.